The molecule has 3 nitrogen and oxygen atoms in total. The van der Waals surface area contributed by atoms with E-state index in [1.54, 1.807) is 0 Å². The van der Waals surface area contributed by atoms with Crippen LogP contribution in [0.5, 0.6) is 0 Å². The third-order valence-corrected chi connectivity index (χ3v) is 1.20. The minimum Gasteiger partial charge on any atom is -0.453 e. The number of aliphatic hydroxyl groups excluding tert-OH is 1. The number of esters is 1. The van der Waals surface area contributed by atoms with E-state index in [0.717, 1.165) is 0 Å². The average Bonchev–Trinajstić information content (AvgIpc) is 1.85. The lowest BCUT2D eigenvalue weighted by molar-refractivity contribution is -0.207. The molecular formula is C6H9F3O3. The van der Waals surface area contributed by atoms with Crippen LogP contribution in [0.3, 0.4) is 0 Å². The van der Waals surface area contributed by atoms with Crippen LogP contribution in [0.25, 0.3) is 0 Å². The van der Waals surface area contributed by atoms with E-state index < -0.39 is 24.4 Å². The molecule has 0 aromatic rings. The number of hydrogen-bond acceptors (Lipinski definition) is 3. The summed E-state index contributed by atoms with van der Waals surface area (Å²) < 4.78 is 38.4. The van der Waals surface area contributed by atoms with Gasteiger partial charge in [-0.05, 0) is 13.8 Å². The van der Waals surface area contributed by atoms with Crippen molar-refractivity contribution in [3.63, 3.8) is 0 Å². The van der Waals surface area contributed by atoms with Gasteiger partial charge in [-0.25, -0.2) is 4.79 Å². The first-order valence-corrected chi connectivity index (χ1v) is 3.21. The number of hydrogen-bond donors (Lipinski definition) is 1. The molecule has 0 aliphatic rings. The molecule has 0 rings (SSSR count). The Morgan fingerprint density at radius 3 is 2.08 bits per heavy atom. The van der Waals surface area contributed by atoms with Crippen molar-refractivity contribution in [2.45, 2.75) is 32.2 Å². The van der Waals surface area contributed by atoms with Crippen LogP contribution in [0.4, 0.5) is 13.2 Å². The fourth-order valence-corrected chi connectivity index (χ4v) is 0.334. The molecule has 0 aliphatic heterocycles. The van der Waals surface area contributed by atoms with Crippen molar-refractivity contribution >= 4 is 5.97 Å². The Hall–Kier alpha value is -0.780. The van der Waals surface area contributed by atoms with Crippen LogP contribution in [0.1, 0.15) is 13.8 Å². The van der Waals surface area contributed by atoms with Crippen molar-refractivity contribution in [2.75, 3.05) is 0 Å². The summed E-state index contributed by atoms with van der Waals surface area (Å²) in [7, 11) is 0. The van der Waals surface area contributed by atoms with Gasteiger partial charge in [-0.3, -0.25) is 0 Å². The Bertz CT molecular complexity index is 164. The fraction of sp³-hybridized carbons (Fsp3) is 0.833. The molecule has 0 saturated heterocycles. The quantitative estimate of drug-likeness (QED) is 0.650. The zero-order valence-electron chi connectivity index (χ0n) is 6.55. The van der Waals surface area contributed by atoms with Crippen molar-refractivity contribution in [3.05, 3.63) is 0 Å². The first kappa shape index (κ1) is 11.2. The van der Waals surface area contributed by atoms with Gasteiger partial charge in [-0.1, -0.05) is 0 Å². The van der Waals surface area contributed by atoms with Gasteiger partial charge in [0.05, 0.1) is 6.10 Å². The number of alkyl halides is 3. The molecule has 0 radical (unpaired) electrons. The van der Waals surface area contributed by atoms with Crippen molar-refractivity contribution < 1.29 is 27.8 Å². The van der Waals surface area contributed by atoms with Crippen LogP contribution in [-0.4, -0.2) is 29.5 Å². The molecule has 0 saturated carbocycles. The number of rotatable bonds is 2. The van der Waals surface area contributed by atoms with Crippen molar-refractivity contribution in [2.24, 2.45) is 0 Å². The molecule has 0 aromatic carbocycles. The molecule has 0 fully saturated rings. The summed E-state index contributed by atoms with van der Waals surface area (Å²) in [6.07, 6.45) is -7.26. The minimum absolute atomic E-state index is 1.11. The number of halogens is 3. The second kappa shape index (κ2) is 3.75. The largest absolute Gasteiger partial charge is 0.490 e. The van der Waals surface area contributed by atoms with Crippen molar-refractivity contribution in [1.29, 1.82) is 0 Å². The molecule has 6 heteroatoms. The van der Waals surface area contributed by atoms with Crippen LogP contribution in [-0.2, 0) is 9.53 Å². The van der Waals surface area contributed by atoms with Gasteiger partial charge in [0.2, 0.25) is 0 Å². The van der Waals surface area contributed by atoms with Gasteiger partial charge in [0, 0.05) is 0 Å². The summed E-state index contributed by atoms with van der Waals surface area (Å²) in [6, 6.07) is 0. The molecule has 12 heavy (non-hydrogen) atoms. The lowest BCUT2D eigenvalue weighted by Gasteiger charge is -2.16. The third kappa shape index (κ3) is 3.56. The van der Waals surface area contributed by atoms with Gasteiger partial charge in [-0.2, -0.15) is 13.2 Å². The highest BCUT2D eigenvalue weighted by atomic mass is 19.4. The highest BCUT2D eigenvalue weighted by molar-refractivity contribution is 5.75. The molecule has 0 heterocycles. The lowest BCUT2D eigenvalue weighted by Crippen LogP contribution is -2.33. The summed E-state index contributed by atoms with van der Waals surface area (Å²) in [5, 5.41) is 8.69. The van der Waals surface area contributed by atoms with Crippen LogP contribution in [0.15, 0.2) is 0 Å². The summed E-state index contributed by atoms with van der Waals surface area (Å²) in [6.45, 7) is 2.41. The van der Waals surface area contributed by atoms with Crippen LogP contribution in [0, 0.1) is 0 Å². The van der Waals surface area contributed by atoms with Gasteiger partial charge < -0.3 is 9.84 Å². The van der Waals surface area contributed by atoms with Gasteiger partial charge in [-0.15, -0.1) is 0 Å². The first-order chi connectivity index (χ1) is 5.25. The maximum Gasteiger partial charge on any atom is 0.490 e. The second-order valence-electron chi connectivity index (χ2n) is 2.35. The predicted molar refractivity (Wildman–Crippen MR) is 33.3 cm³/mol. The molecule has 72 valence electrons. The zero-order chi connectivity index (χ0) is 9.94. The van der Waals surface area contributed by atoms with Gasteiger partial charge >= 0.3 is 12.1 Å². The van der Waals surface area contributed by atoms with Crippen molar-refractivity contribution in [3.8, 4) is 0 Å². The number of carbonyl (C=O) groups excluding carboxylic acids is 1. The molecule has 2 atom stereocenters. The second-order valence-corrected chi connectivity index (χ2v) is 2.35. The van der Waals surface area contributed by atoms with E-state index in [0.29, 0.717) is 0 Å². The number of ether oxygens (including phenoxy) is 1. The standard InChI is InChI=1S/C6H9F3O3/c1-3(10)4(2)12-5(11)6(7,8)9/h3-4,10H,1-2H3. The van der Waals surface area contributed by atoms with Gasteiger partial charge in [0.15, 0.2) is 0 Å². The van der Waals surface area contributed by atoms with E-state index in [1.165, 1.54) is 13.8 Å². The first-order valence-electron chi connectivity index (χ1n) is 3.21. The summed E-state index contributed by atoms with van der Waals surface area (Å²) in [5.74, 6) is -2.28. The van der Waals surface area contributed by atoms with Crippen LogP contribution < -0.4 is 0 Å². The molecular weight excluding hydrogens is 177 g/mol. The summed E-state index contributed by atoms with van der Waals surface area (Å²) in [5.41, 5.74) is 0. The van der Waals surface area contributed by atoms with E-state index in [9.17, 15) is 18.0 Å². The maximum absolute atomic E-state index is 11.5. The molecule has 1 N–H and O–H groups in total. The van der Waals surface area contributed by atoms with Crippen molar-refractivity contribution in [1.82, 2.24) is 0 Å². The van der Waals surface area contributed by atoms with E-state index >= 15 is 0 Å². The number of aliphatic hydroxyl groups is 1. The van der Waals surface area contributed by atoms with Gasteiger partial charge in [0.25, 0.3) is 0 Å². The van der Waals surface area contributed by atoms with E-state index in [1.807, 2.05) is 0 Å². The highest BCUT2D eigenvalue weighted by Gasteiger charge is 2.42. The normalized spacial score (nSPS) is 16.8. The maximum atomic E-state index is 11.5. The summed E-state index contributed by atoms with van der Waals surface area (Å²) in [4.78, 5) is 10.1. The smallest absolute Gasteiger partial charge is 0.453 e. The SMILES string of the molecule is CC(O)C(C)OC(=O)C(F)(F)F. The highest BCUT2D eigenvalue weighted by Crippen LogP contribution is 2.17. The van der Waals surface area contributed by atoms with E-state index in [4.69, 9.17) is 5.11 Å². The zero-order valence-corrected chi connectivity index (χ0v) is 6.55. The molecule has 0 aromatic heterocycles. The monoisotopic (exact) mass is 186 g/mol. The molecule has 0 aliphatic carbocycles. The Balaban J connectivity index is 4.02. The Labute approximate surface area is 67.1 Å². The van der Waals surface area contributed by atoms with Crippen LogP contribution in [0.2, 0.25) is 0 Å². The number of carbonyl (C=O) groups is 1. The molecule has 0 amide bonds. The third-order valence-electron chi connectivity index (χ3n) is 1.20. The fourth-order valence-electron chi connectivity index (χ4n) is 0.334. The Morgan fingerprint density at radius 2 is 1.83 bits per heavy atom. The lowest BCUT2D eigenvalue weighted by atomic mass is 10.3. The molecule has 2 unspecified atom stereocenters. The summed E-state index contributed by atoms with van der Waals surface area (Å²) >= 11 is 0. The van der Waals surface area contributed by atoms with Gasteiger partial charge in [0.1, 0.15) is 6.10 Å². The van der Waals surface area contributed by atoms with Crippen LogP contribution >= 0.6 is 0 Å². The Kier molecular flexibility index (Phi) is 3.51. The Morgan fingerprint density at radius 1 is 1.42 bits per heavy atom. The minimum atomic E-state index is -5.00. The molecule has 0 bridgehead atoms. The van der Waals surface area contributed by atoms with E-state index in [2.05, 4.69) is 4.74 Å². The topological polar surface area (TPSA) is 46.5 Å². The predicted octanol–water partition coefficient (Wildman–Crippen LogP) is 0.861. The molecule has 0 spiro atoms. The average molecular weight is 186 g/mol. The van der Waals surface area contributed by atoms with E-state index in [-0.39, 0.29) is 0 Å².